The summed E-state index contributed by atoms with van der Waals surface area (Å²) < 4.78 is 5.40. The van der Waals surface area contributed by atoms with Crippen LogP contribution < -0.4 is 5.32 Å². The van der Waals surface area contributed by atoms with Gasteiger partial charge in [-0.1, -0.05) is 12.1 Å². The smallest absolute Gasteiger partial charge is 0.240 e. The molecule has 140 valence electrons. The van der Waals surface area contributed by atoms with Crippen LogP contribution in [0.25, 0.3) is 0 Å². The van der Waals surface area contributed by atoms with E-state index in [1.54, 1.807) is 0 Å². The first-order valence-corrected chi connectivity index (χ1v) is 9.36. The molecular weight excluding hydrogens is 342 g/mol. The summed E-state index contributed by atoms with van der Waals surface area (Å²) in [6, 6.07) is 9.75. The van der Waals surface area contributed by atoms with Crippen LogP contribution >= 0.6 is 0 Å². The number of ether oxygens (including phenoxy) is 1. The zero-order chi connectivity index (χ0) is 18.6. The van der Waals surface area contributed by atoms with Crippen molar-refractivity contribution in [2.45, 2.75) is 37.9 Å². The predicted octanol–water partition coefficient (Wildman–Crippen LogP) is 1.35. The van der Waals surface area contributed by atoms with E-state index in [0.717, 1.165) is 43.1 Å². The SMILES string of the molecule is N#Cc1ccc(Cc2ncc(CNC3CCN([C@@H]4CCOC4)C3=O)[nH]2)cc1. The van der Waals surface area contributed by atoms with Gasteiger partial charge < -0.3 is 19.9 Å². The maximum absolute atomic E-state index is 12.6. The van der Waals surface area contributed by atoms with Gasteiger partial charge >= 0.3 is 0 Å². The highest BCUT2D eigenvalue weighted by Crippen LogP contribution is 2.20. The van der Waals surface area contributed by atoms with Gasteiger partial charge in [0.05, 0.1) is 30.3 Å². The van der Waals surface area contributed by atoms with Crippen molar-refractivity contribution in [3.05, 3.63) is 53.1 Å². The molecule has 2 aliphatic rings. The number of nitrogens with one attached hydrogen (secondary N) is 2. The predicted molar refractivity (Wildman–Crippen MR) is 98.7 cm³/mol. The standard InChI is InChI=1S/C20H23N5O2/c21-10-15-3-1-14(2-4-15)9-19-23-12-16(24-19)11-22-18-5-7-25(20(18)26)17-6-8-27-13-17/h1-4,12,17-18,22H,5-9,11,13H2,(H,23,24)/t17-,18?/m1/s1. The quantitative estimate of drug-likeness (QED) is 0.806. The Labute approximate surface area is 158 Å². The molecule has 2 saturated heterocycles. The van der Waals surface area contributed by atoms with Gasteiger partial charge in [-0.05, 0) is 30.5 Å². The number of carbonyl (C=O) groups excluding carboxylic acids is 1. The van der Waals surface area contributed by atoms with E-state index < -0.39 is 0 Å². The van der Waals surface area contributed by atoms with Crippen LogP contribution in [0.5, 0.6) is 0 Å². The van der Waals surface area contributed by atoms with E-state index in [9.17, 15) is 4.79 Å². The van der Waals surface area contributed by atoms with Crippen LogP contribution in [0.1, 0.15) is 35.5 Å². The highest BCUT2D eigenvalue weighted by Gasteiger charge is 2.36. The molecule has 0 spiro atoms. The zero-order valence-corrected chi connectivity index (χ0v) is 15.1. The lowest BCUT2D eigenvalue weighted by Gasteiger charge is -2.22. The summed E-state index contributed by atoms with van der Waals surface area (Å²) >= 11 is 0. The monoisotopic (exact) mass is 365 g/mol. The lowest BCUT2D eigenvalue weighted by molar-refractivity contribution is -0.131. The van der Waals surface area contributed by atoms with Crippen LogP contribution in [0.3, 0.4) is 0 Å². The molecule has 7 nitrogen and oxygen atoms in total. The van der Waals surface area contributed by atoms with E-state index in [1.807, 2.05) is 35.4 Å². The van der Waals surface area contributed by atoms with Gasteiger partial charge in [-0.25, -0.2) is 4.98 Å². The van der Waals surface area contributed by atoms with Crippen LogP contribution in [0, 0.1) is 11.3 Å². The Morgan fingerprint density at radius 3 is 2.93 bits per heavy atom. The minimum absolute atomic E-state index is 0.129. The van der Waals surface area contributed by atoms with E-state index >= 15 is 0 Å². The van der Waals surface area contributed by atoms with Gasteiger partial charge in [-0.15, -0.1) is 0 Å². The van der Waals surface area contributed by atoms with Crippen LogP contribution in [0.4, 0.5) is 0 Å². The van der Waals surface area contributed by atoms with Gasteiger partial charge in [-0.3, -0.25) is 4.79 Å². The molecule has 3 heterocycles. The number of hydrogen-bond acceptors (Lipinski definition) is 5. The first-order valence-electron chi connectivity index (χ1n) is 9.36. The number of amides is 1. The molecule has 2 atom stereocenters. The van der Waals surface area contributed by atoms with Crippen molar-refractivity contribution in [2.75, 3.05) is 19.8 Å². The molecule has 0 saturated carbocycles. The zero-order valence-electron chi connectivity index (χ0n) is 15.1. The van der Waals surface area contributed by atoms with Gasteiger partial charge in [0.1, 0.15) is 5.82 Å². The summed E-state index contributed by atoms with van der Waals surface area (Å²) in [6.45, 7) is 2.81. The van der Waals surface area contributed by atoms with Crippen molar-refractivity contribution in [3.63, 3.8) is 0 Å². The van der Waals surface area contributed by atoms with E-state index in [0.29, 0.717) is 25.1 Å². The van der Waals surface area contributed by atoms with Crippen LogP contribution in [-0.2, 0) is 22.5 Å². The Bertz CT molecular complexity index is 833. The van der Waals surface area contributed by atoms with E-state index in [-0.39, 0.29) is 18.0 Å². The van der Waals surface area contributed by atoms with E-state index in [1.165, 1.54) is 0 Å². The molecule has 2 N–H and O–H groups in total. The van der Waals surface area contributed by atoms with Crippen molar-refractivity contribution in [3.8, 4) is 6.07 Å². The van der Waals surface area contributed by atoms with Crippen LogP contribution in [-0.4, -0.2) is 52.6 Å². The number of nitrogens with zero attached hydrogens (tertiary/aromatic N) is 3. The second-order valence-corrected chi connectivity index (χ2v) is 7.11. The third-order valence-corrected chi connectivity index (χ3v) is 5.26. The average Bonchev–Trinajstić information content (AvgIpc) is 3.42. The maximum atomic E-state index is 12.6. The molecule has 1 aromatic carbocycles. The summed E-state index contributed by atoms with van der Waals surface area (Å²) in [5, 5.41) is 12.2. The maximum Gasteiger partial charge on any atom is 0.240 e. The molecule has 2 aromatic rings. The van der Waals surface area contributed by atoms with Gasteiger partial charge in [0, 0.05) is 38.0 Å². The molecule has 1 unspecified atom stereocenters. The molecule has 2 aliphatic heterocycles. The first-order chi connectivity index (χ1) is 13.2. The van der Waals surface area contributed by atoms with Gasteiger partial charge in [0.2, 0.25) is 5.91 Å². The summed E-state index contributed by atoms with van der Waals surface area (Å²) in [6.07, 6.45) is 4.27. The number of carbonyl (C=O) groups is 1. The normalized spacial score (nSPS) is 22.3. The minimum Gasteiger partial charge on any atom is -0.379 e. The molecule has 7 heteroatoms. The third-order valence-electron chi connectivity index (χ3n) is 5.26. The Hall–Kier alpha value is -2.69. The van der Waals surface area contributed by atoms with E-state index in [4.69, 9.17) is 10.00 Å². The third kappa shape index (κ3) is 4.02. The van der Waals surface area contributed by atoms with Gasteiger partial charge in [0.25, 0.3) is 0 Å². The lowest BCUT2D eigenvalue weighted by Crippen LogP contribution is -2.42. The fourth-order valence-corrected chi connectivity index (χ4v) is 3.73. The van der Waals surface area contributed by atoms with Gasteiger partial charge in [0.15, 0.2) is 0 Å². The summed E-state index contributed by atoms with van der Waals surface area (Å²) in [7, 11) is 0. The molecule has 27 heavy (non-hydrogen) atoms. The summed E-state index contributed by atoms with van der Waals surface area (Å²) in [5.74, 6) is 1.06. The number of rotatable bonds is 6. The number of nitriles is 1. The second-order valence-electron chi connectivity index (χ2n) is 7.11. The summed E-state index contributed by atoms with van der Waals surface area (Å²) in [5.41, 5.74) is 2.72. The average molecular weight is 365 g/mol. The van der Waals surface area contributed by atoms with Crippen LogP contribution in [0.15, 0.2) is 30.5 Å². The number of aromatic nitrogens is 2. The number of aromatic amines is 1. The molecule has 4 rings (SSSR count). The molecule has 0 aliphatic carbocycles. The van der Waals surface area contributed by atoms with Crippen molar-refractivity contribution >= 4 is 5.91 Å². The Morgan fingerprint density at radius 1 is 1.33 bits per heavy atom. The number of H-pyrrole nitrogens is 1. The summed E-state index contributed by atoms with van der Waals surface area (Å²) in [4.78, 5) is 22.3. The topological polar surface area (TPSA) is 94.0 Å². The van der Waals surface area contributed by atoms with Crippen molar-refractivity contribution < 1.29 is 9.53 Å². The Morgan fingerprint density at radius 2 is 2.19 bits per heavy atom. The van der Waals surface area contributed by atoms with E-state index in [2.05, 4.69) is 21.4 Å². The minimum atomic E-state index is -0.129. The van der Waals surface area contributed by atoms with Crippen molar-refractivity contribution in [1.29, 1.82) is 5.26 Å². The Balaban J connectivity index is 1.29. The highest BCUT2D eigenvalue weighted by molar-refractivity contribution is 5.84. The molecule has 0 radical (unpaired) electrons. The molecule has 1 aromatic heterocycles. The van der Waals surface area contributed by atoms with Crippen molar-refractivity contribution in [1.82, 2.24) is 20.2 Å². The van der Waals surface area contributed by atoms with Crippen molar-refractivity contribution in [2.24, 2.45) is 0 Å². The number of benzene rings is 1. The largest absolute Gasteiger partial charge is 0.379 e. The number of likely N-dealkylation sites (tertiary alicyclic amines) is 1. The van der Waals surface area contributed by atoms with Crippen LogP contribution in [0.2, 0.25) is 0 Å². The highest BCUT2D eigenvalue weighted by atomic mass is 16.5. The molecule has 2 fully saturated rings. The molecule has 1 amide bonds. The number of hydrogen-bond donors (Lipinski definition) is 2. The second kappa shape index (κ2) is 7.91. The fourth-order valence-electron chi connectivity index (χ4n) is 3.73. The number of imidazole rings is 1. The fraction of sp³-hybridized carbons (Fsp3) is 0.450. The Kier molecular flexibility index (Phi) is 5.19. The lowest BCUT2D eigenvalue weighted by atomic mass is 10.1. The first kappa shape index (κ1) is 17.7. The molecule has 0 bridgehead atoms. The van der Waals surface area contributed by atoms with Gasteiger partial charge in [-0.2, -0.15) is 5.26 Å². The molecular formula is C20H23N5O2.